The number of Topliss-reactive ketones (excluding diaryl/α,β-unsaturated/α-hetero) is 1. The highest BCUT2D eigenvalue weighted by Crippen LogP contribution is 2.32. The van der Waals surface area contributed by atoms with Gasteiger partial charge in [-0.2, -0.15) is 0 Å². The maximum absolute atomic E-state index is 11.9. The minimum Gasteiger partial charge on any atom is -0.410 e. The van der Waals surface area contributed by atoms with Crippen molar-refractivity contribution in [3.05, 3.63) is 17.5 Å². The second-order valence-electron chi connectivity index (χ2n) is 4.52. The number of thiophene rings is 1. The van der Waals surface area contributed by atoms with Gasteiger partial charge in [-0.15, -0.1) is 21.5 Å². The van der Waals surface area contributed by atoms with Gasteiger partial charge in [0, 0.05) is 6.42 Å². The van der Waals surface area contributed by atoms with Crippen LogP contribution in [-0.2, 0) is 4.79 Å². The number of rotatable bonds is 3. The Balaban J connectivity index is 1.71. The Morgan fingerprint density at radius 1 is 1.32 bits per heavy atom. The van der Waals surface area contributed by atoms with E-state index in [0.29, 0.717) is 23.3 Å². The molecule has 1 saturated carbocycles. The van der Waals surface area contributed by atoms with E-state index in [9.17, 15) is 4.79 Å². The van der Waals surface area contributed by atoms with E-state index in [1.54, 1.807) is 11.3 Å². The van der Waals surface area contributed by atoms with Crippen molar-refractivity contribution < 1.29 is 9.21 Å². The summed E-state index contributed by atoms with van der Waals surface area (Å²) in [4.78, 5) is 12.9. The SMILES string of the molecule is O=C1CCCCC[C@@H]1Sc1nnc(-c2cccs2)o1. The summed E-state index contributed by atoms with van der Waals surface area (Å²) in [6, 6.07) is 3.90. The predicted molar refractivity (Wildman–Crippen MR) is 75.3 cm³/mol. The van der Waals surface area contributed by atoms with Gasteiger partial charge < -0.3 is 4.42 Å². The molecule has 100 valence electrons. The van der Waals surface area contributed by atoms with E-state index < -0.39 is 0 Å². The topological polar surface area (TPSA) is 56.0 Å². The molecule has 2 aromatic rings. The molecule has 0 radical (unpaired) electrons. The Bertz CT molecular complexity index is 551. The largest absolute Gasteiger partial charge is 0.410 e. The summed E-state index contributed by atoms with van der Waals surface area (Å²) in [5.41, 5.74) is 0. The molecule has 19 heavy (non-hydrogen) atoms. The number of ketones is 1. The van der Waals surface area contributed by atoms with Crippen LogP contribution < -0.4 is 0 Å². The Kier molecular flexibility index (Phi) is 3.98. The molecular weight excluding hydrogens is 280 g/mol. The van der Waals surface area contributed by atoms with Crippen molar-refractivity contribution in [2.45, 2.75) is 42.6 Å². The molecule has 0 aromatic carbocycles. The van der Waals surface area contributed by atoms with E-state index in [1.807, 2.05) is 17.5 Å². The van der Waals surface area contributed by atoms with Crippen LogP contribution in [0.4, 0.5) is 0 Å². The van der Waals surface area contributed by atoms with E-state index in [1.165, 1.54) is 11.8 Å². The monoisotopic (exact) mass is 294 g/mol. The summed E-state index contributed by atoms with van der Waals surface area (Å²) in [6.45, 7) is 0. The molecule has 3 rings (SSSR count). The average molecular weight is 294 g/mol. The number of nitrogens with zero attached hydrogens (tertiary/aromatic N) is 2. The highest BCUT2D eigenvalue weighted by atomic mass is 32.2. The minimum absolute atomic E-state index is 0.0147. The van der Waals surface area contributed by atoms with E-state index >= 15 is 0 Å². The zero-order chi connectivity index (χ0) is 13.1. The summed E-state index contributed by atoms with van der Waals surface area (Å²) < 4.78 is 5.62. The van der Waals surface area contributed by atoms with Crippen molar-refractivity contribution >= 4 is 28.9 Å². The van der Waals surface area contributed by atoms with E-state index in [4.69, 9.17) is 4.42 Å². The molecule has 0 amide bonds. The third-order valence-electron chi connectivity index (χ3n) is 3.13. The van der Waals surface area contributed by atoms with Crippen LogP contribution in [0.2, 0.25) is 0 Å². The molecule has 2 aromatic heterocycles. The van der Waals surface area contributed by atoms with Crippen LogP contribution in [0.5, 0.6) is 0 Å². The summed E-state index contributed by atoms with van der Waals surface area (Å²) in [5, 5.41) is 10.5. The van der Waals surface area contributed by atoms with Crippen molar-refractivity contribution in [2.24, 2.45) is 0 Å². The van der Waals surface area contributed by atoms with Crippen LogP contribution in [0.25, 0.3) is 10.8 Å². The lowest BCUT2D eigenvalue weighted by Gasteiger charge is -2.08. The first-order valence-electron chi connectivity index (χ1n) is 6.40. The summed E-state index contributed by atoms with van der Waals surface area (Å²) >= 11 is 2.99. The van der Waals surface area contributed by atoms with Crippen LogP contribution in [0.3, 0.4) is 0 Å². The summed E-state index contributed by atoms with van der Waals surface area (Å²) in [5.74, 6) is 0.858. The fraction of sp³-hybridized carbons (Fsp3) is 0.462. The Labute approximate surface area is 119 Å². The van der Waals surface area contributed by atoms with Gasteiger partial charge in [-0.25, -0.2) is 0 Å². The van der Waals surface area contributed by atoms with Gasteiger partial charge in [0.1, 0.15) is 5.78 Å². The number of carbonyl (C=O) groups excluding carboxylic acids is 1. The van der Waals surface area contributed by atoms with Gasteiger partial charge >= 0.3 is 0 Å². The molecule has 1 fully saturated rings. The third-order valence-corrected chi connectivity index (χ3v) is 5.14. The van der Waals surface area contributed by atoms with Gasteiger partial charge in [-0.3, -0.25) is 4.79 Å². The van der Waals surface area contributed by atoms with Gasteiger partial charge in [0.15, 0.2) is 0 Å². The number of hydrogen-bond acceptors (Lipinski definition) is 6. The van der Waals surface area contributed by atoms with E-state index in [2.05, 4.69) is 10.2 Å². The standard InChI is InChI=1S/C13H14N2O2S2/c16-9-5-2-1-3-6-10(9)19-13-15-14-12(17-13)11-7-4-8-18-11/h4,7-8,10H,1-3,5-6H2/t10-/m0/s1. The van der Waals surface area contributed by atoms with Crippen LogP contribution in [0.1, 0.15) is 32.1 Å². The number of thioether (sulfide) groups is 1. The lowest BCUT2D eigenvalue weighted by molar-refractivity contribution is -0.118. The highest BCUT2D eigenvalue weighted by molar-refractivity contribution is 8.00. The van der Waals surface area contributed by atoms with Crippen molar-refractivity contribution in [1.29, 1.82) is 0 Å². The zero-order valence-electron chi connectivity index (χ0n) is 10.4. The molecule has 1 aliphatic rings. The van der Waals surface area contributed by atoms with Gasteiger partial charge in [0.2, 0.25) is 0 Å². The molecule has 1 atom stereocenters. The van der Waals surface area contributed by atoms with Gasteiger partial charge in [0.25, 0.3) is 11.1 Å². The van der Waals surface area contributed by atoms with Gasteiger partial charge in [0.05, 0.1) is 10.1 Å². The molecule has 6 heteroatoms. The van der Waals surface area contributed by atoms with Crippen LogP contribution >= 0.6 is 23.1 Å². The molecule has 0 aliphatic heterocycles. The van der Waals surface area contributed by atoms with Crippen molar-refractivity contribution in [1.82, 2.24) is 10.2 Å². The smallest absolute Gasteiger partial charge is 0.277 e. The molecule has 2 heterocycles. The van der Waals surface area contributed by atoms with Gasteiger partial charge in [-0.05, 0) is 24.3 Å². The molecule has 0 saturated heterocycles. The lowest BCUT2D eigenvalue weighted by atomic mass is 10.2. The van der Waals surface area contributed by atoms with Crippen molar-refractivity contribution in [3.63, 3.8) is 0 Å². The van der Waals surface area contributed by atoms with Crippen molar-refractivity contribution in [3.8, 4) is 10.8 Å². The Morgan fingerprint density at radius 2 is 2.26 bits per heavy atom. The third kappa shape index (κ3) is 3.06. The lowest BCUT2D eigenvalue weighted by Crippen LogP contribution is -2.14. The Hall–Kier alpha value is -1.14. The number of aromatic nitrogens is 2. The summed E-state index contributed by atoms with van der Waals surface area (Å²) in [6.07, 6.45) is 4.87. The Morgan fingerprint density at radius 3 is 3.11 bits per heavy atom. The fourth-order valence-electron chi connectivity index (χ4n) is 2.13. The molecule has 0 unspecified atom stereocenters. The molecule has 1 aliphatic carbocycles. The first kappa shape index (κ1) is 12.9. The normalized spacial score (nSPS) is 20.4. The molecular formula is C13H14N2O2S2. The molecule has 4 nitrogen and oxygen atoms in total. The zero-order valence-corrected chi connectivity index (χ0v) is 12.0. The maximum atomic E-state index is 11.9. The first-order valence-corrected chi connectivity index (χ1v) is 8.15. The van der Waals surface area contributed by atoms with Crippen molar-refractivity contribution in [2.75, 3.05) is 0 Å². The van der Waals surface area contributed by atoms with E-state index in [-0.39, 0.29) is 5.25 Å². The molecule has 0 N–H and O–H groups in total. The molecule has 0 spiro atoms. The summed E-state index contributed by atoms with van der Waals surface area (Å²) in [7, 11) is 0. The maximum Gasteiger partial charge on any atom is 0.277 e. The quantitative estimate of drug-likeness (QED) is 0.806. The van der Waals surface area contributed by atoms with Crippen LogP contribution in [0.15, 0.2) is 27.2 Å². The number of hydrogen-bond donors (Lipinski definition) is 0. The van der Waals surface area contributed by atoms with E-state index in [0.717, 1.165) is 30.6 Å². The second kappa shape index (κ2) is 5.88. The number of carbonyl (C=O) groups is 1. The first-order chi connectivity index (χ1) is 9.33. The van der Waals surface area contributed by atoms with Crippen LogP contribution in [-0.4, -0.2) is 21.2 Å². The second-order valence-corrected chi connectivity index (χ2v) is 6.62. The average Bonchev–Trinajstić information content (AvgIpc) is 3.03. The van der Waals surface area contributed by atoms with Crippen LogP contribution in [0, 0.1) is 0 Å². The minimum atomic E-state index is -0.0147. The highest BCUT2D eigenvalue weighted by Gasteiger charge is 2.24. The van der Waals surface area contributed by atoms with Gasteiger partial charge in [-0.1, -0.05) is 30.7 Å². The molecule has 0 bridgehead atoms. The predicted octanol–water partition coefficient (Wildman–Crippen LogP) is 3.79. The fourth-order valence-corrected chi connectivity index (χ4v) is 3.77.